The fourth-order valence-electron chi connectivity index (χ4n) is 4.27. The van der Waals surface area contributed by atoms with Crippen LogP contribution >= 0.6 is 0 Å². The number of anilines is 1. The number of amides is 1. The molecule has 7 heteroatoms. The summed E-state index contributed by atoms with van der Waals surface area (Å²) in [6, 6.07) is 16.6. The van der Waals surface area contributed by atoms with Gasteiger partial charge in [-0.2, -0.15) is 4.31 Å². The molecule has 2 aliphatic rings. The second-order valence-corrected chi connectivity index (χ2v) is 10.2. The molecule has 30 heavy (non-hydrogen) atoms. The standard InChI is InChI=1S/C23H29N3O3S/c1-19-6-5-13-26(18-19)30(28,29)22-11-9-20(10-12-22)23(27)25-16-14-24(15-17-25)21-7-3-2-4-8-21/h2-4,7-12,19H,5-6,13-18H2,1H3/t19-/m0/s1. The van der Waals surface area contributed by atoms with E-state index in [0.29, 0.717) is 37.7 Å². The van der Waals surface area contributed by atoms with Crippen molar-refractivity contribution < 1.29 is 13.2 Å². The molecule has 2 aliphatic heterocycles. The van der Waals surface area contributed by atoms with Crippen LogP contribution < -0.4 is 4.90 Å². The third-order valence-corrected chi connectivity index (χ3v) is 7.93. The lowest BCUT2D eigenvalue weighted by Crippen LogP contribution is -2.48. The number of para-hydroxylation sites is 1. The molecule has 0 N–H and O–H groups in total. The molecule has 160 valence electrons. The third kappa shape index (κ3) is 4.37. The molecule has 0 spiro atoms. The van der Waals surface area contributed by atoms with Gasteiger partial charge in [0, 0.05) is 50.5 Å². The Balaban J connectivity index is 1.40. The molecule has 0 aliphatic carbocycles. The van der Waals surface area contributed by atoms with E-state index in [9.17, 15) is 13.2 Å². The van der Waals surface area contributed by atoms with Crippen LogP contribution in [0.3, 0.4) is 0 Å². The zero-order valence-corrected chi connectivity index (χ0v) is 18.2. The Labute approximate surface area is 179 Å². The van der Waals surface area contributed by atoms with Crippen molar-refractivity contribution in [2.24, 2.45) is 5.92 Å². The van der Waals surface area contributed by atoms with Crippen molar-refractivity contribution in [3.63, 3.8) is 0 Å². The minimum Gasteiger partial charge on any atom is -0.368 e. The molecular weight excluding hydrogens is 398 g/mol. The summed E-state index contributed by atoms with van der Waals surface area (Å²) in [6.45, 7) is 6.10. The van der Waals surface area contributed by atoms with E-state index in [4.69, 9.17) is 0 Å². The highest BCUT2D eigenvalue weighted by molar-refractivity contribution is 7.89. The number of hydrogen-bond donors (Lipinski definition) is 0. The Hall–Kier alpha value is -2.38. The normalized spacial score (nSPS) is 20.9. The fourth-order valence-corrected chi connectivity index (χ4v) is 5.87. The summed E-state index contributed by atoms with van der Waals surface area (Å²) in [5.74, 6) is 0.335. The van der Waals surface area contributed by atoms with Crippen molar-refractivity contribution in [3.05, 3.63) is 60.2 Å². The van der Waals surface area contributed by atoms with Gasteiger partial charge in [-0.25, -0.2) is 8.42 Å². The van der Waals surface area contributed by atoms with Crippen molar-refractivity contribution in [1.29, 1.82) is 0 Å². The first-order chi connectivity index (χ1) is 14.4. The van der Waals surface area contributed by atoms with Gasteiger partial charge in [-0.15, -0.1) is 0 Å². The molecule has 2 aromatic carbocycles. The predicted molar refractivity (Wildman–Crippen MR) is 118 cm³/mol. The summed E-state index contributed by atoms with van der Waals surface area (Å²) >= 11 is 0. The molecule has 2 aromatic rings. The van der Waals surface area contributed by atoms with E-state index >= 15 is 0 Å². The molecule has 4 rings (SSSR count). The zero-order valence-electron chi connectivity index (χ0n) is 17.4. The minimum absolute atomic E-state index is 0.0433. The Morgan fingerprint density at radius 3 is 2.20 bits per heavy atom. The van der Waals surface area contributed by atoms with E-state index in [-0.39, 0.29) is 10.8 Å². The summed E-state index contributed by atoms with van der Waals surface area (Å²) in [6.07, 6.45) is 1.96. The molecule has 0 radical (unpaired) electrons. The number of benzene rings is 2. The lowest BCUT2D eigenvalue weighted by atomic mass is 10.0. The van der Waals surface area contributed by atoms with Crippen LogP contribution in [0.15, 0.2) is 59.5 Å². The lowest BCUT2D eigenvalue weighted by molar-refractivity contribution is 0.0746. The highest BCUT2D eigenvalue weighted by atomic mass is 32.2. The van der Waals surface area contributed by atoms with Crippen molar-refractivity contribution in [1.82, 2.24) is 9.21 Å². The number of nitrogens with zero attached hydrogens (tertiary/aromatic N) is 3. The maximum atomic E-state index is 12.9. The summed E-state index contributed by atoms with van der Waals surface area (Å²) in [7, 11) is -3.50. The fraction of sp³-hybridized carbons (Fsp3) is 0.435. The van der Waals surface area contributed by atoms with Gasteiger partial charge in [-0.3, -0.25) is 4.79 Å². The van der Waals surface area contributed by atoms with Crippen LogP contribution in [0.2, 0.25) is 0 Å². The van der Waals surface area contributed by atoms with E-state index < -0.39 is 10.0 Å². The van der Waals surface area contributed by atoms with Gasteiger partial charge in [-0.1, -0.05) is 25.1 Å². The summed E-state index contributed by atoms with van der Waals surface area (Å²) in [5, 5.41) is 0. The highest BCUT2D eigenvalue weighted by Gasteiger charge is 2.29. The van der Waals surface area contributed by atoms with E-state index in [1.807, 2.05) is 23.1 Å². The smallest absolute Gasteiger partial charge is 0.253 e. The number of piperazine rings is 1. The SMILES string of the molecule is C[C@H]1CCCN(S(=O)(=O)c2ccc(C(=O)N3CCN(c4ccccc4)CC3)cc2)C1. The number of piperidine rings is 1. The topological polar surface area (TPSA) is 60.9 Å². The van der Waals surface area contributed by atoms with Crippen LogP contribution in [-0.4, -0.2) is 62.8 Å². The lowest BCUT2D eigenvalue weighted by Gasteiger charge is -2.36. The summed E-state index contributed by atoms with van der Waals surface area (Å²) in [4.78, 5) is 17.3. The molecule has 0 unspecified atom stereocenters. The Kier molecular flexibility index (Phi) is 6.11. The number of sulfonamides is 1. The first-order valence-corrected chi connectivity index (χ1v) is 12.1. The predicted octanol–water partition coefficient (Wildman–Crippen LogP) is 3.07. The first kappa shape index (κ1) is 20.9. The highest BCUT2D eigenvalue weighted by Crippen LogP contribution is 2.24. The van der Waals surface area contributed by atoms with Crippen LogP contribution in [0.1, 0.15) is 30.1 Å². The van der Waals surface area contributed by atoms with Gasteiger partial charge in [0.2, 0.25) is 10.0 Å². The number of hydrogen-bond acceptors (Lipinski definition) is 4. The molecule has 6 nitrogen and oxygen atoms in total. The monoisotopic (exact) mass is 427 g/mol. The van der Waals surface area contributed by atoms with Crippen LogP contribution in [0, 0.1) is 5.92 Å². The van der Waals surface area contributed by atoms with Gasteiger partial charge < -0.3 is 9.80 Å². The molecule has 2 heterocycles. The third-order valence-electron chi connectivity index (χ3n) is 6.05. The van der Waals surface area contributed by atoms with Crippen molar-refractivity contribution in [2.45, 2.75) is 24.7 Å². The minimum atomic E-state index is -3.50. The zero-order chi connectivity index (χ0) is 21.1. The summed E-state index contributed by atoms with van der Waals surface area (Å²) in [5.41, 5.74) is 1.71. The number of carbonyl (C=O) groups is 1. The van der Waals surface area contributed by atoms with Crippen LogP contribution in [0.5, 0.6) is 0 Å². The molecule has 0 aromatic heterocycles. The Morgan fingerprint density at radius 2 is 1.57 bits per heavy atom. The van der Waals surface area contributed by atoms with Crippen LogP contribution in [0.4, 0.5) is 5.69 Å². The average molecular weight is 428 g/mol. The van der Waals surface area contributed by atoms with E-state index in [2.05, 4.69) is 24.0 Å². The maximum absolute atomic E-state index is 12.9. The molecule has 2 saturated heterocycles. The van der Waals surface area contributed by atoms with Crippen LogP contribution in [0.25, 0.3) is 0 Å². The molecule has 2 fully saturated rings. The van der Waals surface area contributed by atoms with E-state index in [1.165, 1.54) is 5.69 Å². The summed E-state index contributed by atoms with van der Waals surface area (Å²) < 4.78 is 27.4. The maximum Gasteiger partial charge on any atom is 0.253 e. The Bertz CT molecular complexity index is 969. The van der Waals surface area contributed by atoms with Gasteiger partial charge in [0.15, 0.2) is 0 Å². The van der Waals surface area contributed by atoms with E-state index in [1.54, 1.807) is 28.6 Å². The second kappa shape index (κ2) is 8.78. The molecular formula is C23H29N3O3S. The molecule has 1 amide bonds. The molecule has 1 atom stereocenters. The number of rotatable bonds is 4. The molecule has 0 bridgehead atoms. The van der Waals surface area contributed by atoms with Gasteiger partial charge in [0.25, 0.3) is 5.91 Å². The first-order valence-electron chi connectivity index (χ1n) is 10.6. The van der Waals surface area contributed by atoms with Crippen molar-refractivity contribution in [2.75, 3.05) is 44.2 Å². The van der Waals surface area contributed by atoms with Crippen molar-refractivity contribution in [3.8, 4) is 0 Å². The van der Waals surface area contributed by atoms with Gasteiger partial charge >= 0.3 is 0 Å². The average Bonchev–Trinajstić information content (AvgIpc) is 2.79. The quantitative estimate of drug-likeness (QED) is 0.752. The van der Waals surface area contributed by atoms with Gasteiger partial charge in [0.1, 0.15) is 0 Å². The number of carbonyl (C=O) groups excluding carboxylic acids is 1. The largest absolute Gasteiger partial charge is 0.368 e. The van der Waals surface area contributed by atoms with Crippen LogP contribution in [-0.2, 0) is 10.0 Å². The second-order valence-electron chi connectivity index (χ2n) is 8.25. The Morgan fingerprint density at radius 1 is 0.900 bits per heavy atom. The van der Waals surface area contributed by atoms with Crippen molar-refractivity contribution >= 4 is 21.6 Å². The molecule has 0 saturated carbocycles. The van der Waals surface area contributed by atoms with Gasteiger partial charge in [-0.05, 0) is 55.2 Å². The van der Waals surface area contributed by atoms with E-state index in [0.717, 1.165) is 25.9 Å². The van der Waals surface area contributed by atoms with Gasteiger partial charge in [0.05, 0.1) is 4.90 Å².